The number of hydrogen-bond acceptors (Lipinski definition) is 3. The second kappa shape index (κ2) is 5.36. The lowest BCUT2D eigenvalue weighted by Gasteiger charge is -2.33. The molecule has 1 heterocycles. The average molecular weight is 301 g/mol. The molecule has 0 N–H and O–H groups in total. The second-order valence-corrected chi connectivity index (χ2v) is 6.80. The predicted molar refractivity (Wildman–Crippen MR) is 82.7 cm³/mol. The highest BCUT2D eigenvalue weighted by molar-refractivity contribution is 5.85. The zero-order valence-electron chi connectivity index (χ0n) is 13.1. The summed E-state index contributed by atoms with van der Waals surface area (Å²) in [6, 6.07) is 8.65. The van der Waals surface area contributed by atoms with E-state index in [0.717, 1.165) is 19.3 Å². The zero-order valence-corrected chi connectivity index (χ0v) is 13.1. The maximum Gasteiger partial charge on any atom is 0.226 e. The van der Waals surface area contributed by atoms with Crippen LogP contribution in [0.2, 0.25) is 0 Å². The van der Waals surface area contributed by atoms with Gasteiger partial charge in [-0.3, -0.25) is 4.79 Å². The van der Waals surface area contributed by atoms with E-state index in [1.165, 1.54) is 11.1 Å². The standard InChI is InChI=1S/C18H23NO3/c1-21-12-14-11-19(8-9-22-14)17(20)16-10-18(16)7-6-13-4-2-3-5-15(13)18/h2-5,14,16H,6-12H2,1H3/t14-,16+,18-/m0/s1. The Morgan fingerprint density at radius 2 is 2.32 bits per heavy atom. The van der Waals surface area contributed by atoms with Crippen LogP contribution < -0.4 is 0 Å². The van der Waals surface area contributed by atoms with E-state index in [0.29, 0.717) is 32.2 Å². The molecular weight excluding hydrogens is 278 g/mol. The molecule has 1 saturated heterocycles. The van der Waals surface area contributed by atoms with Gasteiger partial charge >= 0.3 is 0 Å². The molecule has 2 aliphatic carbocycles. The van der Waals surface area contributed by atoms with Gasteiger partial charge < -0.3 is 14.4 Å². The van der Waals surface area contributed by atoms with Crippen molar-refractivity contribution in [2.45, 2.75) is 30.8 Å². The fourth-order valence-corrected chi connectivity index (χ4v) is 4.35. The molecule has 1 aromatic carbocycles. The number of carbonyl (C=O) groups excluding carboxylic acids is 1. The van der Waals surface area contributed by atoms with Gasteiger partial charge in [-0.25, -0.2) is 0 Å². The van der Waals surface area contributed by atoms with Crippen LogP contribution in [0.25, 0.3) is 0 Å². The molecular formula is C18H23NO3. The molecule has 1 amide bonds. The number of benzene rings is 1. The smallest absolute Gasteiger partial charge is 0.226 e. The molecule has 4 rings (SSSR count). The summed E-state index contributed by atoms with van der Waals surface area (Å²) in [5.74, 6) is 0.499. The molecule has 118 valence electrons. The van der Waals surface area contributed by atoms with E-state index < -0.39 is 0 Å². The van der Waals surface area contributed by atoms with Crippen LogP contribution in [0.5, 0.6) is 0 Å². The summed E-state index contributed by atoms with van der Waals surface area (Å²) in [6.07, 6.45) is 3.30. The topological polar surface area (TPSA) is 38.8 Å². The first-order valence-electron chi connectivity index (χ1n) is 8.22. The van der Waals surface area contributed by atoms with Crippen molar-refractivity contribution in [1.82, 2.24) is 4.90 Å². The van der Waals surface area contributed by atoms with Crippen LogP contribution in [0.4, 0.5) is 0 Å². The normalized spacial score (nSPS) is 33.0. The second-order valence-electron chi connectivity index (χ2n) is 6.80. The van der Waals surface area contributed by atoms with Gasteiger partial charge in [-0.2, -0.15) is 0 Å². The lowest BCUT2D eigenvalue weighted by molar-refractivity contribution is -0.142. The number of aryl methyl sites for hydroxylation is 1. The number of rotatable bonds is 3. The molecule has 1 spiro atoms. The van der Waals surface area contributed by atoms with Gasteiger partial charge in [0.25, 0.3) is 0 Å². The van der Waals surface area contributed by atoms with Gasteiger partial charge in [-0.05, 0) is 30.4 Å². The van der Waals surface area contributed by atoms with E-state index in [4.69, 9.17) is 9.47 Å². The van der Waals surface area contributed by atoms with Crippen molar-refractivity contribution in [3.05, 3.63) is 35.4 Å². The first-order valence-corrected chi connectivity index (χ1v) is 8.22. The summed E-state index contributed by atoms with van der Waals surface area (Å²) < 4.78 is 10.8. The first kappa shape index (κ1) is 14.2. The molecule has 0 aromatic heterocycles. The van der Waals surface area contributed by atoms with E-state index in [-0.39, 0.29) is 17.4 Å². The van der Waals surface area contributed by atoms with Crippen molar-refractivity contribution in [3.8, 4) is 0 Å². The Morgan fingerprint density at radius 1 is 1.45 bits per heavy atom. The Morgan fingerprint density at radius 3 is 3.18 bits per heavy atom. The minimum absolute atomic E-state index is 0.0215. The van der Waals surface area contributed by atoms with E-state index in [9.17, 15) is 4.79 Å². The van der Waals surface area contributed by atoms with Gasteiger partial charge in [0.1, 0.15) is 0 Å². The highest BCUT2D eigenvalue weighted by atomic mass is 16.5. The Labute approximate surface area is 131 Å². The third-order valence-electron chi connectivity index (χ3n) is 5.57. The fraction of sp³-hybridized carbons (Fsp3) is 0.611. The highest BCUT2D eigenvalue weighted by Crippen LogP contribution is 2.62. The number of hydrogen-bond donors (Lipinski definition) is 0. The predicted octanol–water partition coefficient (Wildman–Crippen LogP) is 1.76. The molecule has 1 aliphatic heterocycles. The number of carbonyl (C=O) groups is 1. The molecule has 2 fully saturated rings. The Balaban J connectivity index is 1.47. The van der Waals surface area contributed by atoms with Gasteiger partial charge in [0.2, 0.25) is 5.91 Å². The summed E-state index contributed by atoms with van der Waals surface area (Å²) in [4.78, 5) is 14.9. The Kier molecular flexibility index (Phi) is 3.46. The van der Waals surface area contributed by atoms with Crippen LogP contribution in [0.15, 0.2) is 24.3 Å². The lowest BCUT2D eigenvalue weighted by Crippen LogP contribution is -2.48. The highest BCUT2D eigenvalue weighted by Gasteiger charge is 2.62. The molecule has 0 radical (unpaired) electrons. The van der Waals surface area contributed by atoms with Crippen molar-refractivity contribution < 1.29 is 14.3 Å². The van der Waals surface area contributed by atoms with Gasteiger partial charge in [0, 0.05) is 31.5 Å². The van der Waals surface area contributed by atoms with Crippen LogP contribution in [-0.4, -0.2) is 50.3 Å². The Hall–Kier alpha value is -1.39. The van der Waals surface area contributed by atoms with Crippen molar-refractivity contribution >= 4 is 5.91 Å². The number of ether oxygens (including phenoxy) is 2. The molecule has 3 atom stereocenters. The summed E-state index contributed by atoms with van der Waals surface area (Å²) in [7, 11) is 1.68. The molecule has 3 aliphatic rings. The van der Waals surface area contributed by atoms with E-state index in [2.05, 4.69) is 24.3 Å². The average Bonchev–Trinajstić information content (AvgIpc) is 3.17. The van der Waals surface area contributed by atoms with Crippen molar-refractivity contribution in [2.24, 2.45) is 5.92 Å². The molecule has 4 nitrogen and oxygen atoms in total. The van der Waals surface area contributed by atoms with Crippen LogP contribution in [0.3, 0.4) is 0 Å². The van der Waals surface area contributed by atoms with Crippen molar-refractivity contribution in [3.63, 3.8) is 0 Å². The van der Waals surface area contributed by atoms with E-state index in [1.807, 2.05) is 4.90 Å². The molecule has 1 aromatic rings. The Bertz CT molecular complexity index is 585. The third-order valence-corrected chi connectivity index (χ3v) is 5.57. The summed E-state index contributed by atoms with van der Waals surface area (Å²) in [6.45, 7) is 2.56. The van der Waals surface area contributed by atoms with Gasteiger partial charge in [0.15, 0.2) is 0 Å². The zero-order chi connectivity index (χ0) is 15.2. The van der Waals surface area contributed by atoms with Gasteiger partial charge in [-0.15, -0.1) is 0 Å². The van der Waals surface area contributed by atoms with Crippen LogP contribution in [-0.2, 0) is 26.1 Å². The van der Waals surface area contributed by atoms with Crippen molar-refractivity contribution in [1.29, 1.82) is 0 Å². The maximum absolute atomic E-state index is 12.9. The third kappa shape index (κ3) is 2.17. The van der Waals surface area contributed by atoms with Gasteiger partial charge in [0.05, 0.1) is 19.3 Å². The van der Waals surface area contributed by atoms with Crippen LogP contribution in [0, 0.1) is 5.92 Å². The molecule has 0 unspecified atom stereocenters. The number of methoxy groups -OCH3 is 1. The summed E-state index contributed by atoms with van der Waals surface area (Å²) in [5, 5.41) is 0. The van der Waals surface area contributed by atoms with Gasteiger partial charge in [-0.1, -0.05) is 24.3 Å². The van der Waals surface area contributed by atoms with Crippen LogP contribution >= 0.6 is 0 Å². The largest absolute Gasteiger partial charge is 0.382 e. The number of fused-ring (bicyclic) bond motifs is 2. The molecule has 4 heteroatoms. The van der Waals surface area contributed by atoms with E-state index in [1.54, 1.807) is 7.11 Å². The number of morpholine rings is 1. The van der Waals surface area contributed by atoms with Crippen molar-refractivity contribution in [2.75, 3.05) is 33.4 Å². The minimum atomic E-state index is 0.0215. The van der Waals surface area contributed by atoms with Crippen LogP contribution in [0.1, 0.15) is 24.0 Å². The fourth-order valence-electron chi connectivity index (χ4n) is 4.35. The molecule has 22 heavy (non-hydrogen) atoms. The number of amides is 1. The quantitative estimate of drug-likeness (QED) is 0.854. The molecule has 0 bridgehead atoms. The minimum Gasteiger partial charge on any atom is -0.382 e. The maximum atomic E-state index is 12.9. The summed E-state index contributed by atoms with van der Waals surface area (Å²) >= 11 is 0. The SMILES string of the molecule is COC[C@@H]1CN(C(=O)[C@H]2C[C@]23CCc2ccccc23)CCO1. The molecule has 1 saturated carbocycles. The first-order chi connectivity index (χ1) is 10.7. The number of nitrogens with zero attached hydrogens (tertiary/aromatic N) is 1. The summed E-state index contributed by atoms with van der Waals surface area (Å²) in [5.41, 5.74) is 3.01. The van der Waals surface area contributed by atoms with E-state index >= 15 is 0 Å². The lowest BCUT2D eigenvalue weighted by atomic mass is 9.95. The monoisotopic (exact) mass is 301 g/mol.